The molecule has 6 nitrogen and oxygen atoms in total. The highest BCUT2D eigenvalue weighted by Gasteiger charge is 2.18. The number of nitriles is 1. The molecule has 0 saturated heterocycles. The monoisotopic (exact) mass is 336 g/mol. The topological polar surface area (TPSA) is 105 Å². The summed E-state index contributed by atoms with van der Waals surface area (Å²) in [5.41, 5.74) is 14.3. The van der Waals surface area contributed by atoms with Crippen molar-refractivity contribution in [3.63, 3.8) is 0 Å². The molecule has 1 saturated carbocycles. The van der Waals surface area contributed by atoms with E-state index in [9.17, 15) is 5.26 Å². The fourth-order valence-electron chi connectivity index (χ4n) is 3.57. The highest BCUT2D eigenvalue weighted by atomic mass is 15.1. The molecule has 3 rings (SSSR count). The third-order valence-corrected chi connectivity index (χ3v) is 4.90. The molecule has 0 spiro atoms. The van der Waals surface area contributed by atoms with Gasteiger partial charge in [-0.3, -0.25) is 4.90 Å². The maximum absolute atomic E-state index is 9.38. The van der Waals surface area contributed by atoms with Crippen LogP contribution in [0.4, 0.5) is 11.8 Å². The molecule has 0 unspecified atom stereocenters. The summed E-state index contributed by atoms with van der Waals surface area (Å²) in [5.74, 6) is 0.200. The second kappa shape index (κ2) is 7.49. The Morgan fingerprint density at radius 1 is 1.20 bits per heavy atom. The molecular weight excluding hydrogens is 312 g/mol. The van der Waals surface area contributed by atoms with Gasteiger partial charge in [-0.1, -0.05) is 37.5 Å². The van der Waals surface area contributed by atoms with Crippen LogP contribution in [0.25, 0.3) is 11.3 Å². The van der Waals surface area contributed by atoms with Crippen molar-refractivity contribution in [2.45, 2.75) is 44.7 Å². The molecule has 1 aliphatic carbocycles. The Labute approximate surface area is 148 Å². The standard InChI is InChI=1S/C19H24N6/c1-25(15-8-3-2-4-9-15)12-13-6-5-7-14(10-13)17-16(11-20)18(21)24-19(22)23-17/h5-7,10,15H,2-4,8-9,12H2,1H3,(H4,21,22,23,24). The van der Waals surface area contributed by atoms with E-state index in [-0.39, 0.29) is 17.3 Å². The van der Waals surface area contributed by atoms with Gasteiger partial charge in [0.25, 0.3) is 0 Å². The second-order valence-electron chi connectivity index (χ2n) is 6.71. The van der Waals surface area contributed by atoms with E-state index >= 15 is 0 Å². The first-order valence-electron chi connectivity index (χ1n) is 8.71. The first-order valence-corrected chi connectivity index (χ1v) is 8.71. The zero-order valence-corrected chi connectivity index (χ0v) is 14.6. The number of nitrogens with two attached hydrogens (primary N) is 2. The van der Waals surface area contributed by atoms with E-state index in [1.54, 1.807) is 0 Å². The number of hydrogen-bond donors (Lipinski definition) is 2. The lowest BCUT2D eigenvalue weighted by atomic mass is 9.94. The van der Waals surface area contributed by atoms with Crippen molar-refractivity contribution in [3.8, 4) is 17.3 Å². The van der Waals surface area contributed by atoms with E-state index in [2.05, 4.69) is 40.1 Å². The van der Waals surface area contributed by atoms with Gasteiger partial charge in [0.2, 0.25) is 5.95 Å². The number of aromatic nitrogens is 2. The maximum Gasteiger partial charge on any atom is 0.222 e. The number of rotatable bonds is 4. The second-order valence-corrected chi connectivity index (χ2v) is 6.71. The molecule has 6 heteroatoms. The highest BCUT2D eigenvalue weighted by molar-refractivity contribution is 5.73. The summed E-state index contributed by atoms with van der Waals surface area (Å²) in [4.78, 5) is 10.5. The predicted molar refractivity (Wildman–Crippen MR) is 99.3 cm³/mol. The van der Waals surface area contributed by atoms with Crippen LogP contribution in [0, 0.1) is 11.3 Å². The van der Waals surface area contributed by atoms with Crippen molar-refractivity contribution in [2.75, 3.05) is 18.5 Å². The number of hydrogen-bond acceptors (Lipinski definition) is 6. The number of anilines is 2. The van der Waals surface area contributed by atoms with Crippen molar-refractivity contribution in [1.29, 1.82) is 5.26 Å². The highest BCUT2D eigenvalue weighted by Crippen LogP contribution is 2.27. The van der Waals surface area contributed by atoms with Gasteiger partial charge in [-0.25, -0.2) is 4.98 Å². The zero-order valence-electron chi connectivity index (χ0n) is 14.6. The SMILES string of the molecule is CN(Cc1cccc(-c2nc(N)nc(N)c2C#N)c1)C1CCCCC1. The Hall–Kier alpha value is -2.65. The molecule has 0 radical (unpaired) electrons. The smallest absolute Gasteiger partial charge is 0.222 e. The Kier molecular flexibility index (Phi) is 5.15. The minimum Gasteiger partial charge on any atom is -0.382 e. The average Bonchev–Trinajstić information content (AvgIpc) is 2.62. The predicted octanol–water partition coefficient (Wildman–Crippen LogP) is 2.94. The van der Waals surface area contributed by atoms with Gasteiger partial charge in [-0.15, -0.1) is 0 Å². The van der Waals surface area contributed by atoms with Crippen molar-refractivity contribution < 1.29 is 0 Å². The van der Waals surface area contributed by atoms with Gasteiger partial charge >= 0.3 is 0 Å². The molecule has 1 aromatic heterocycles. The minimum absolute atomic E-state index is 0.0798. The normalized spacial score (nSPS) is 15.2. The van der Waals surface area contributed by atoms with E-state index in [4.69, 9.17) is 11.5 Å². The Morgan fingerprint density at radius 3 is 2.68 bits per heavy atom. The van der Waals surface area contributed by atoms with Crippen LogP contribution in [0.5, 0.6) is 0 Å². The van der Waals surface area contributed by atoms with Crippen LogP contribution in [-0.4, -0.2) is 28.0 Å². The fourth-order valence-corrected chi connectivity index (χ4v) is 3.57. The van der Waals surface area contributed by atoms with Gasteiger partial charge in [-0.2, -0.15) is 10.2 Å². The van der Waals surface area contributed by atoms with E-state index in [0.717, 1.165) is 12.1 Å². The van der Waals surface area contributed by atoms with Crippen LogP contribution < -0.4 is 11.5 Å². The largest absolute Gasteiger partial charge is 0.382 e. The number of nitrogens with zero attached hydrogens (tertiary/aromatic N) is 4. The van der Waals surface area contributed by atoms with Gasteiger partial charge in [-0.05, 0) is 31.5 Å². The summed E-state index contributed by atoms with van der Waals surface area (Å²) in [6, 6.07) is 10.8. The van der Waals surface area contributed by atoms with E-state index in [0.29, 0.717) is 11.7 Å². The summed E-state index contributed by atoms with van der Waals surface area (Å²) in [5, 5.41) is 9.38. The maximum atomic E-state index is 9.38. The number of benzene rings is 1. The molecule has 0 amide bonds. The lowest BCUT2D eigenvalue weighted by Gasteiger charge is -2.31. The third-order valence-electron chi connectivity index (χ3n) is 4.90. The zero-order chi connectivity index (χ0) is 17.8. The van der Waals surface area contributed by atoms with E-state index < -0.39 is 0 Å². The Bertz CT molecular complexity index is 789. The quantitative estimate of drug-likeness (QED) is 0.889. The molecule has 1 heterocycles. The van der Waals surface area contributed by atoms with Gasteiger partial charge in [0, 0.05) is 18.2 Å². The molecule has 1 fully saturated rings. The summed E-state index contributed by atoms with van der Waals surface area (Å²) in [6.07, 6.45) is 6.54. The first-order chi connectivity index (χ1) is 12.1. The van der Waals surface area contributed by atoms with Crippen LogP contribution in [0.3, 0.4) is 0 Å². The molecule has 0 atom stereocenters. The molecule has 0 aliphatic heterocycles. The van der Waals surface area contributed by atoms with Gasteiger partial charge in [0.05, 0.1) is 5.69 Å². The Morgan fingerprint density at radius 2 is 1.96 bits per heavy atom. The Balaban J connectivity index is 1.86. The third kappa shape index (κ3) is 3.89. The van der Waals surface area contributed by atoms with Crippen LogP contribution in [0.15, 0.2) is 24.3 Å². The fraction of sp³-hybridized carbons (Fsp3) is 0.421. The van der Waals surface area contributed by atoms with Crippen molar-refractivity contribution in [3.05, 3.63) is 35.4 Å². The molecule has 25 heavy (non-hydrogen) atoms. The van der Waals surface area contributed by atoms with Crippen LogP contribution >= 0.6 is 0 Å². The van der Waals surface area contributed by atoms with Crippen molar-refractivity contribution >= 4 is 11.8 Å². The lowest BCUT2D eigenvalue weighted by molar-refractivity contribution is 0.184. The average molecular weight is 336 g/mol. The summed E-state index contributed by atoms with van der Waals surface area (Å²) >= 11 is 0. The van der Waals surface area contributed by atoms with E-state index in [1.165, 1.54) is 37.7 Å². The van der Waals surface area contributed by atoms with Gasteiger partial charge in [0.1, 0.15) is 17.5 Å². The van der Waals surface area contributed by atoms with Crippen LogP contribution in [0.2, 0.25) is 0 Å². The molecule has 2 aromatic rings. The van der Waals surface area contributed by atoms with Crippen LogP contribution in [-0.2, 0) is 6.54 Å². The van der Waals surface area contributed by atoms with Gasteiger partial charge < -0.3 is 11.5 Å². The molecule has 4 N–H and O–H groups in total. The molecule has 1 aromatic carbocycles. The minimum atomic E-state index is 0.0798. The molecule has 130 valence electrons. The molecular formula is C19H24N6. The van der Waals surface area contributed by atoms with E-state index in [1.807, 2.05) is 12.1 Å². The number of nitrogen functional groups attached to an aromatic ring is 2. The summed E-state index contributed by atoms with van der Waals surface area (Å²) < 4.78 is 0. The van der Waals surface area contributed by atoms with Gasteiger partial charge in [0.15, 0.2) is 0 Å². The van der Waals surface area contributed by atoms with Crippen molar-refractivity contribution in [2.24, 2.45) is 0 Å². The molecule has 1 aliphatic rings. The lowest BCUT2D eigenvalue weighted by Crippen LogP contribution is -2.32. The van der Waals surface area contributed by atoms with Crippen LogP contribution in [0.1, 0.15) is 43.2 Å². The first kappa shape index (κ1) is 17.2. The summed E-state index contributed by atoms with van der Waals surface area (Å²) in [6.45, 7) is 0.871. The summed E-state index contributed by atoms with van der Waals surface area (Å²) in [7, 11) is 2.18. The van der Waals surface area contributed by atoms with Crippen molar-refractivity contribution in [1.82, 2.24) is 14.9 Å². The molecule has 0 bridgehead atoms.